The molecule has 0 unspecified atom stereocenters. The Morgan fingerprint density at radius 2 is 2.00 bits per heavy atom. The standard InChI is InChI=1S/C19H17N3O3S/c1-22-14-8-4-6-10-16(14)26-19(22)21-20-18(23)17-13(11-24-2)12-7-3-5-9-15(12)25-17/h3-10H,11H2,1-2H3,(H,20,23)/b21-19-. The van der Waals surface area contributed by atoms with Gasteiger partial charge < -0.3 is 13.7 Å². The maximum absolute atomic E-state index is 12.7. The zero-order chi connectivity index (χ0) is 18.1. The lowest BCUT2D eigenvalue weighted by atomic mass is 10.1. The number of benzene rings is 2. The molecule has 0 saturated heterocycles. The number of nitrogens with zero attached hydrogens (tertiary/aromatic N) is 2. The molecule has 0 aliphatic heterocycles. The smallest absolute Gasteiger partial charge is 0.307 e. The van der Waals surface area contributed by atoms with Crippen molar-refractivity contribution >= 4 is 38.4 Å². The molecule has 1 amide bonds. The van der Waals surface area contributed by atoms with E-state index in [-0.39, 0.29) is 12.4 Å². The molecule has 132 valence electrons. The minimum Gasteiger partial charge on any atom is -0.450 e. The van der Waals surface area contributed by atoms with Crippen LogP contribution in [-0.2, 0) is 18.4 Å². The zero-order valence-corrected chi connectivity index (χ0v) is 15.2. The van der Waals surface area contributed by atoms with Gasteiger partial charge in [0.15, 0.2) is 5.76 Å². The number of aryl methyl sites for hydroxylation is 1. The number of ether oxygens (including phenoxy) is 1. The van der Waals surface area contributed by atoms with Gasteiger partial charge in [-0.25, -0.2) is 5.43 Å². The fraction of sp³-hybridized carbons (Fsp3) is 0.158. The third kappa shape index (κ3) is 2.81. The van der Waals surface area contributed by atoms with Crippen LogP contribution in [0.5, 0.6) is 0 Å². The molecule has 1 N–H and O–H groups in total. The van der Waals surface area contributed by atoms with E-state index >= 15 is 0 Å². The summed E-state index contributed by atoms with van der Waals surface area (Å²) in [6.45, 7) is 0.288. The van der Waals surface area contributed by atoms with Crippen LogP contribution in [0.25, 0.3) is 21.2 Å². The number of amides is 1. The molecule has 0 saturated carbocycles. The van der Waals surface area contributed by atoms with Crippen molar-refractivity contribution in [3.05, 3.63) is 64.7 Å². The first-order valence-electron chi connectivity index (χ1n) is 8.07. The number of hydrogen-bond acceptors (Lipinski definition) is 5. The second-order valence-corrected chi connectivity index (χ2v) is 6.81. The van der Waals surface area contributed by atoms with Crippen LogP contribution in [0.15, 0.2) is 58.0 Å². The molecule has 0 radical (unpaired) electrons. The first-order chi connectivity index (χ1) is 12.7. The number of rotatable bonds is 4. The lowest BCUT2D eigenvalue weighted by molar-refractivity contribution is 0.0921. The van der Waals surface area contributed by atoms with Gasteiger partial charge in [-0.15, -0.1) is 5.10 Å². The Bertz CT molecular complexity index is 1170. The molecule has 7 heteroatoms. The topological polar surface area (TPSA) is 68.8 Å². The van der Waals surface area contributed by atoms with Gasteiger partial charge in [0.05, 0.1) is 16.8 Å². The quantitative estimate of drug-likeness (QED) is 0.562. The number of para-hydroxylation sites is 2. The number of fused-ring (bicyclic) bond motifs is 2. The van der Waals surface area contributed by atoms with Gasteiger partial charge in [-0.1, -0.05) is 41.7 Å². The molecule has 2 heterocycles. The van der Waals surface area contributed by atoms with Gasteiger partial charge in [0.1, 0.15) is 5.58 Å². The van der Waals surface area contributed by atoms with Crippen LogP contribution in [0.2, 0.25) is 0 Å². The summed E-state index contributed by atoms with van der Waals surface area (Å²) < 4.78 is 14.0. The maximum Gasteiger partial charge on any atom is 0.307 e. The molecule has 0 spiro atoms. The van der Waals surface area contributed by atoms with E-state index in [1.807, 2.05) is 60.1 Å². The summed E-state index contributed by atoms with van der Waals surface area (Å²) >= 11 is 1.51. The van der Waals surface area contributed by atoms with Crippen molar-refractivity contribution < 1.29 is 13.9 Å². The van der Waals surface area contributed by atoms with Crippen molar-refractivity contribution in [2.75, 3.05) is 7.11 Å². The molecule has 0 aliphatic rings. The number of hydrogen-bond donors (Lipinski definition) is 1. The highest BCUT2D eigenvalue weighted by Gasteiger charge is 2.20. The van der Waals surface area contributed by atoms with Crippen LogP contribution in [-0.4, -0.2) is 17.6 Å². The van der Waals surface area contributed by atoms with Gasteiger partial charge in [0.25, 0.3) is 0 Å². The Morgan fingerprint density at radius 1 is 1.23 bits per heavy atom. The summed E-state index contributed by atoms with van der Waals surface area (Å²) in [5, 5.41) is 5.14. The second kappa shape index (κ2) is 6.78. The van der Waals surface area contributed by atoms with Gasteiger partial charge in [0.2, 0.25) is 4.80 Å². The average molecular weight is 367 g/mol. The van der Waals surface area contributed by atoms with Crippen molar-refractivity contribution in [1.29, 1.82) is 0 Å². The lowest BCUT2D eigenvalue weighted by Gasteiger charge is -2.01. The van der Waals surface area contributed by atoms with Crippen molar-refractivity contribution in [3.8, 4) is 0 Å². The lowest BCUT2D eigenvalue weighted by Crippen LogP contribution is -2.23. The van der Waals surface area contributed by atoms with Gasteiger partial charge in [0, 0.05) is 25.1 Å². The van der Waals surface area contributed by atoms with Crippen molar-refractivity contribution in [2.45, 2.75) is 6.61 Å². The number of aromatic nitrogens is 1. The van der Waals surface area contributed by atoms with E-state index in [0.717, 1.165) is 21.2 Å². The maximum atomic E-state index is 12.7. The highest BCUT2D eigenvalue weighted by atomic mass is 32.1. The normalized spacial score (nSPS) is 12.2. The summed E-state index contributed by atoms with van der Waals surface area (Å²) in [4.78, 5) is 13.3. The minimum absolute atomic E-state index is 0.223. The van der Waals surface area contributed by atoms with Crippen LogP contribution in [0.4, 0.5) is 0 Å². The first kappa shape index (κ1) is 16.6. The van der Waals surface area contributed by atoms with E-state index < -0.39 is 5.91 Å². The predicted molar refractivity (Wildman–Crippen MR) is 101 cm³/mol. The number of carbonyl (C=O) groups excluding carboxylic acids is 1. The number of methoxy groups -OCH3 is 1. The molecule has 0 atom stereocenters. The van der Waals surface area contributed by atoms with Gasteiger partial charge in [-0.3, -0.25) is 4.79 Å². The van der Waals surface area contributed by atoms with E-state index in [1.165, 1.54) is 11.3 Å². The summed E-state index contributed by atoms with van der Waals surface area (Å²) in [5.74, 6) is -0.175. The van der Waals surface area contributed by atoms with Gasteiger partial charge >= 0.3 is 5.91 Å². The van der Waals surface area contributed by atoms with E-state index in [2.05, 4.69) is 10.5 Å². The largest absolute Gasteiger partial charge is 0.450 e. The van der Waals surface area contributed by atoms with Crippen LogP contribution in [0.3, 0.4) is 0 Å². The molecule has 4 aromatic rings. The summed E-state index contributed by atoms with van der Waals surface area (Å²) in [7, 11) is 3.51. The molecule has 0 fully saturated rings. The Labute approximate surface area is 153 Å². The summed E-state index contributed by atoms with van der Waals surface area (Å²) in [5.41, 5.74) is 5.04. The number of carbonyl (C=O) groups is 1. The van der Waals surface area contributed by atoms with E-state index in [0.29, 0.717) is 10.4 Å². The highest BCUT2D eigenvalue weighted by Crippen LogP contribution is 2.26. The third-order valence-corrected chi connectivity index (χ3v) is 5.27. The van der Waals surface area contributed by atoms with Crippen molar-refractivity contribution in [1.82, 2.24) is 9.99 Å². The highest BCUT2D eigenvalue weighted by molar-refractivity contribution is 7.16. The Morgan fingerprint density at radius 3 is 2.81 bits per heavy atom. The van der Waals surface area contributed by atoms with Crippen LogP contribution < -0.4 is 10.2 Å². The van der Waals surface area contributed by atoms with Crippen LogP contribution in [0, 0.1) is 0 Å². The van der Waals surface area contributed by atoms with Crippen LogP contribution in [0.1, 0.15) is 16.1 Å². The van der Waals surface area contributed by atoms with E-state index in [4.69, 9.17) is 9.15 Å². The molecule has 0 bridgehead atoms. The fourth-order valence-electron chi connectivity index (χ4n) is 2.91. The molecule has 26 heavy (non-hydrogen) atoms. The molecule has 2 aromatic carbocycles. The SMILES string of the molecule is COCc1c(C(=O)N/N=c2\sc3ccccc3n2C)oc2ccccc12. The van der Waals surface area contributed by atoms with Crippen molar-refractivity contribution in [3.63, 3.8) is 0 Å². The number of thiazole rings is 1. The van der Waals surface area contributed by atoms with Gasteiger partial charge in [-0.2, -0.15) is 0 Å². The summed E-state index contributed by atoms with van der Waals surface area (Å²) in [6, 6.07) is 15.5. The Kier molecular flexibility index (Phi) is 4.32. The van der Waals surface area contributed by atoms with Crippen LogP contribution >= 0.6 is 11.3 Å². The van der Waals surface area contributed by atoms with E-state index in [1.54, 1.807) is 7.11 Å². The molecular formula is C19H17N3O3S. The van der Waals surface area contributed by atoms with Crippen molar-refractivity contribution in [2.24, 2.45) is 12.1 Å². The molecule has 0 aliphatic carbocycles. The second-order valence-electron chi connectivity index (χ2n) is 5.80. The number of furan rings is 1. The van der Waals surface area contributed by atoms with E-state index in [9.17, 15) is 4.79 Å². The predicted octanol–water partition coefficient (Wildman–Crippen LogP) is 3.38. The van der Waals surface area contributed by atoms with Gasteiger partial charge in [-0.05, 0) is 18.2 Å². The molecular weight excluding hydrogens is 350 g/mol. The molecule has 6 nitrogen and oxygen atoms in total. The Hall–Kier alpha value is -2.90. The number of nitrogens with one attached hydrogen (secondary N) is 1. The fourth-order valence-corrected chi connectivity index (χ4v) is 3.89. The molecule has 2 aromatic heterocycles. The first-order valence-corrected chi connectivity index (χ1v) is 8.88. The zero-order valence-electron chi connectivity index (χ0n) is 14.4. The summed E-state index contributed by atoms with van der Waals surface area (Å²) in [6.07, 6.45) is 0. The minimum atomic E-state index is -0.397. The monoisotopic (exact) mass is 367 g/mol. The average Bonchev–Trinajstić information content (AvgIpc) is 3.19. The molecule has 4 rings (SSSR count). The Balaban J connectivity index is 1.71. The third-order valence-electron chi connectivity index (χ3n) is 4.16.